The van der Waals surface area contributed by atoms with Gasteiger partial charge in [-0.15, -0.1) is 0 Å². The Morgan fingerprint density at radius 2 is 0.750 bits per heavy atom. The molecule has 56 heavy (non-hydrogen) atoms. The van der Waals surface area contributed by atoms with Crippen molar-refractivity contribution in [3.63, 3.8) is 0 Å². The highest BCUT2D eigenvalue weighted by molar-refractivity contribution is 5.78. The number of ketones is 1. The lowest BCUT2D eigenvalue weighted by molar-refractivity contribution is -0.119. The first-order valence-electron chi connectivity index (χ1n) is 23.5. The number of carbonyl (C=O) groups excluding carboxylic acids is 1. The molecule has 4 aromatic carbocycles. The zero-order valence-corrected chi connectivity index (χ0v) is 35.4. The van der Waals surface area contributed by atoms with Crippen LogP contribution in [0.2, 0.25) is 0 Å². The van der Waals surface area contributed by atoms with Crippen LogP contribution >= 0.6 is 0 Å². The maximum Gasteiger partial charge on any atom is 0.132 e. The fourth-order valence-electron chi connectivity index (χ4n) is 9.99. The van der Waals surface area contributed by atoms with E-state index in [2.05, 4.69) is 111 Å². The van der Waals surface area contributed by atoms with Crippen molar-refractivity contribution in [3.8, 4) is 22.3 Å². The minimum Gasteiger partial charge on any atom is -0.300 e. The van der Waals surface area contributed by atoms with E-state index in [0.717, 1.165) is 75.0 Å². The zero-order chi connectivity index (χ0) is 38.8. The first kappa shape index (κ1) is 42.2. The molecule has 1 heteroatoms. The molecular weight excluding hydrogens is 677 g/mol. The van der Waals surface area contributed by atoms with Gasteiger partial charge in [0.1, 0.15) is 5.78 Å². The zero-order valence-electron chi connectivity index (χ0n) is 35.4. The van der Waals surface area contributed by atoms with Crippen molar-refractivity contribution in [2.24, 2.45) is 11.8 Å². The molecule has 300 valence electrons. The number of hydrogen-bond acceptors (Lipinski definition) is 1. The summed E-state index contributed by atoms with van der Waals surface area (Å²) in [6.07, 6.45) is 30.0. The number of aryl methyl sites for hydroxylation is 2. The molecule has 0 unspecified atom stereocenters. The average Bonchev–Trinajstić information content (AvgIpc) is 3.25. The summed E-state index contributed by atoms with van der Waals surface area (Å²) in [5.41, 5.74) is 11.1. The van der Waals surface area contributed by atoms with Gasteiger partial charge in [0.2, 0.25) is 0 Å². The summed E-state index contributed by atoms with van der Waals surface area (Å²) in [5.74, 6) is 3.86. The molecule has 0 atom stereocenters. The number of unbranched alkanes of at least 4 members (excludes halogenated alkanes) is 6. The van der Waals surface area contributed by atoms with Gasteiger partial charge in [0.15, 0.2) is 0 Å². The monoisotopic (exact) mass is 751 g/mol. The Bertz CT molecular complexity index is 1540. The minimum absolute atomic E-state index is 0.433. The topological polar surface area (TPSA) is 17.1 Å². The number of rotatable bonds is 22. The molecule has 2 aliphatic rings. The summed E-state index contributed by atoms with van der Waals surface area (Å²) in [4.78, 5) is 12.6. The largest absolute Gasteiger partial charge is 0.300 e. The smallest absolute Gasteiger partial charge is 0.132 e. The lowest BCUT2D eigenvalue weighted by atomic mass is 9.77. The van der Waals surface area contributed by atoms with Crippen molar-refractivity contribution >= 4 is 5.78 Å². The van der Waals surface area contributed by atoms with Crippen LogP contribution in [0.5, 0.6) is 0 Å². The van der Waals surface area contributed by atoms with E-state index in [0.29, 0.717) is 5.78 Å². The normalized spacial score (nSPS) is 19.9. The summed E-state index contributed by atoms with van der Waals surface area (Å²) in [6.45, 7) is 4.62. The third kappa shape index (κ3) is 13.3. The van der Waals surface area contributed by atoms with Crippen molar-refractivity contribution in [1.82, 2.24) is 0 Å². The second-order valence-corrected chi connectivity index (χ2v) is 18.0. The second kappa shape index (κ2) is 23.1. The summed E-state index contributed by atoms with van der Waals surface area (Å²) in [7, 11) is 0. The fourth-order valence-corrected chi connectivity index (χ4v) is 9.99. The van der Waals surface area contributed by atoms with Crippen molar-refractivity contribution in [2.75, 3.05) is 0 Å². The molecule has 6 rings (SSSR count). The van der Waals surface area contributed by atoms with Crippen LogP contribution in [0.15, 0.2) is 97.1 Å². The Morgan fingerprint density at radius 1 is 0.411 bits per heavy atom. The molecule has 4 aromatic rings. The van der Waals surface area contributed by atoms with Crippen LogP contribution in [0, 0.1) is 11.8 Å². The van der Waals surface area contributed by atoms with Gasteiger partial charge in [-0.1, -0.05) is 162 Å². The van der Waals surface area contributed by atoms with Gasteiger partial charge >= 0.3 is 0 Å². The maximum atomic E-state index is 12.6. The molecule has 0 aliphatic heterocycles. The van der Waals surface area contributed by atoms with Crippen LogP contribution in [0.25, 0.3) is 22.3 Å². The highest BCUT2D eigenvalue weighted by atomic mass is 16.1. The van der Waals surface area contributed by atoms with Crippen LogP contribution in [0.1, 0.15) is 189 Å². The summed E-state index contributed by atoms with van der Waals surface area (Å²) < 4.78 is 0. The van der Waals surface area contributed by atoms with E-state index < -0.39 is 0 Å². The van der Waals surface area contributed by atoms with E-state index in [1.54, 1.807) is 0 Å². The molecule has 1 nitrogen and oxygen atoms in total. The van der Waals surface area contributed by atoms with E-state index in [1.807, 2.05) is 0 Å². The Morgan fingerprint density at radius 3 is 1.09 bits per heavy atom. The first-order valence-corrected chi connectivity index (χ1v) is 23.5. The Labute approximate surface area is 342 Å². The van der Waals surface area contributed by atoms with Gasteiger partial charge in [0.25, 0.3) is 0 Å². The third-order valence-corrected chi connectivity index (χ3v) is 13.8. The van der Waals surface area contributed by atoms with Gasteiger partial charge in [-0.25, -0.2) is 0 Å². The van der Waals surface area contributed by atoms with Crippen molar-refractivity contribution in [1.29, 1.82) is 0 Å². The molecule has 2 fully saturated rings. The minimum atomic E-state index is 0.433. The van der Waals surface area contributed by atoms with Crippen molar-refractivity contribution in [2.45, 2.75) is 180 Å². The predicted octanol–water partition coefficient (Wildman–Crippen LogP) is 16.4. The van der Waals surface area contributed by atoms with E-state index in [-0.39, 0.29) is 0 Å². The van der Waals surface area contributed by atoms with Gasteiger partial charge in [0, 0.05) is 12.8 Å². The van der Waals surface area contributed by atoms with E-state index >= 15 is 0 Å². The Hall–Kier alpha value is -3.45. The lowest BCUT2D eigenvalue weighted by Gasteiger charge is -2.29. The number of benzene rings is 4. The van der Waals surface area contributed by atoms with Crippen LogP contribution < -0.4 is 0 Å². The molecule has 0 spiro atoms. The summed E-state index contributed by atoms with van der Waals surface area (Å²) in [6, 6.07) is 37.1. The van der Waals surface area contributed by atoms with Crippen LogP contribution in [0.4, 0.5) is 0 Å². The second-order valence-electron chi connectivity index (χ2n) is 18.0. The summed E-state index contributed by atoms with van der Waals surface area (Å²) >= 11 is 0. The SMILES string of the molecule is CCCCCC1CCC(c2ccc(-c3ccc(CCCCC(=O)CCCCc4ccc(-c5ccc(C6CCC(CCCCC)CC6)cc5)cc4)cc3)cc2)CC1. The van der Waals surface area contributed by atoms with E-state index in [4.69, 9.17) is 0 Å². The average molecular weight is 751 g/mol. The fraction of sp³-hybridized carbons (Fsp3) is 0.545. The first-order chi connectivity index (χ1) is 27.6. The van der Waals surface area contributed by atoms with E-state index in [9.17, 15) is 4.79 Å². The summed E-state index contributed by atoms with van der Waals surface area (Å²) in [5, 5.41) is 0. The van der Waals surface area contributed by atoms with Crippen LogP contribution in [-0.2, 0) is 17.6 Å². The molecule has 0 saturated heterocycles. The van der Waals surface area contributed by atoms with Crippen LogP contribution in [-0.4, -0.2) is 5.78 Å². The maximum absolute atomic E-state index is 12.6. The third-order valence-electron chi connectivity index (χ3n) is 13.8. The van der Waals surface area contributed by atoms with E-state index in [1.165, 1.54) is 147 Å². The molecule has 0 N–H and O–H groups in total. The Balaban J connectivity index is 0.818. The number of hydrogen-bond donors (Lipinski definition) is 0. The molecular formula is C55H74O. The van der Waals surface area contributed by atoms with Gasteiger partial charge < -0.3 is 0 Å². The molecule has 0 radical (unpaired) electrons. The van der Waals surface area contributed by atoms with Crippen molar-refractivity contribution in [3.05, 3.63) is 119 Å². The Kier molecular flexibility index (Phi) is 17.4. The molecule has 0 aromatic heterocycles. The molecule has 0 heterocycles. The van der Waals surface area contributed by atoms with Crippen molar-refractivity contribution < 1.29 is 4.79 Å². The highest BCUT2D eigenvalue weighted by Crippen LogP contribution is 2.40. The molecule has 2 aliphatic carbocycles. The van der Waals surface area contributed by atoms with Gasteiger partial charge in [-0.2, -0.15) is 0 Å². The standard InChI is InChI=1S/C55H74O/c1-3-5-7-13-43-19-27-47(28-20-43)51-35-39-53(40-36-51)49-31-23-45(24-32-49)15-9-11-17-55(56)18-12-10-16-46-25-33-50(34-26-46)54-41-37-52(38-42-54)48-29-21-44(22-30-48)14-8-6-4-2/h23-26,31-44,47-48H,3-22,27-30H2,1-2H3. The number of Topliss-reactive ketones (excluding diaryl/α,β-unsaturated/α-hetero) is 1. The molecule has 2 saturated carbocycles. The van der Waals surface area contributed by atoms with Gasteiger partial charge in [-0.05, 0) is 158 Å². The van der Waals surface area contributed by atoms with Gasteiger partial charge in [0.05, 0.1) is 0 Å². The molecule has 0 amide bonds. The lowest BCUT2D eigenvalue weighted by Crippen LogP contribution is -2.13. The number of carbonyl (C=O) groups is 1. The quantitative estimate of drug-likeness (QED) is 0.0731. The molecule has 0 bridgehead atoms. The van der Waals surface area contributed by atoms with Crippen LogP contribution in [0.3, 0.4) is 0 Å². The highest BCUT2D eigenvalue weighted by Gasteiger charge is 2.23. The predicted molar refractivity (Wildman–Crippen MR) is 242 cm³/mol. The van der Waals surface area contributed by atoms with Gasteiger partial charge in [-0.3, -0.25) is 4.79 Å².